The number of fused-ring (bicyclic) bond motifs is 1. The van der Waals surface area contributed by atoms with Crippen LogP contribution in [0.4, 0.5) is 23.2 Å². The summed E-state index contributed by atoms with van der Waals surface area (Å²) in [6.45, 7) is 1.93. The number of rotatable bonds is 4. The van der Waals surface area contributed by atoms with E-state index in [1.165, 1.54) is 6.07 Å². The van der Waals surface area contributed by atoms with Crippen LogP contribution < -0.4 is 14.4 Å². The predicted molar refractivity (Wildman–Crippen MR) is 110 cm³/mol. The molecule has 0 amide bonds. The van der Waals surface area contributed by atoms with Crippen LogP contribution in [0.1, 0.15) is 36.4 Å². The summed E-state index contributed by atoms with van der Waals surface area (Å²) in [6.07, 6.45) is -1.68. The van der Waals surface area contributed by atoms with Gasteiger partial charge < -0.3 is 14.4 Å². The number of ether oxygens (including phenoxy) is 2. The van der Waals surface area contributed by atoms with Gasteiger partial charge in [-0.2, -0.15) is 13.2 Å². The lowest BCUT2D eigenvalue weighted by atomic mass is 9.89. The lowest BCUT2D eigenvalue weighted by Crippen LogP contribution is -2.55. The van der Waals surface area contributed by atoms with Crippen molar-refractivity contribution in [3.63, 3.8) is 0 Å². The van der Waals surface area contributed by atoms with Crippen molar-refractivity contribution < 1.29 is 27.0 Å². The summed E-state index contributed by atoms with van der Waals surface area (Å²) in [4.78, 5) is 4.38. The Morgan fingerprint density at radius 3 is 2.42 bits per heavy atom. The first kappa shape index (κ1) is 21.7. The molecule has 8 heteroatoms. The van der Waals surface area contributed by atoms with Crippen LogP contribution in [0.3, 0.4) is 0 Å². The minimum absolute atomic E-state index is 0.222. The average Bonchev–Trinajstić information content (AvgIpc) is 2.77. The molecule has 0 aromatic heterocycles. The molecule has 4 rings (SSSR count). The molecule has 2 aliphatic heterocycles. The van der Waals surface area contributed by atoms with Gasteiger partial charge in [0, 0.05) is 37.4 Å². The summed E-state index contributed by atoms with van der Waals surface area (Å²) in [7, 11) is 3.22. The predicted octanol–water partition coefficient (Wildman–Crippen LogP) is 5.28. The number of hydrogen-bond donors (Lipinski definition) is 0. The fourth-order valence-corrected chi connectivity index (χ4v) is 4.83. The molecule has 2 aliphatic rings. The molecule has 2 atom stereocenters. The topological polar surface area (TPSA) is 24.9 Å². The van der Waals surface area contributed by atoms with Crippen molar-refractivity contribution in [2.45, 2.75) is 37.5 Å². The van der Waals surface area contributed by atoms with Gasteiger partial charge in [0.15, 0.2) is 11.5 Å². The molecule has 0 bridgehead atoms. The van der Waals surface area contributed by atoms with Crippen LogP contribution in [0, 0.1) is 5.82 Å². The zero-order valence-electron chi connectivity index (χ0n) is 17.6. The molecule has 168 valence electrons. The summed E-state index contributed by atoms with van der Waals surface area (Å²) in [5.41, 5.74) is 0.359. The number of halogens is 4. The minimum atomic E-state index is -4.70. The second-order valence-electron chi connectivity index (χ2n) is 8.06. The lowest BCUT2D eigenvalue weighted by Gasteiger charge is -2.49. The molecule has 4 nitrogen and oxygen atoms in total. The summed E-state index contributed by atoms with van der Waals surface area (Å²) in [6, 6.07) is 9.70. The van der Waals surface area contributed by atoms with Gasteiger partial charge in [-0.05, 0) is 55.2 Å². The van der Waals surface area contributed by atoms with Gasteiger partial charge in [0.2, 0.25) is 0 Å². The number of alkyl halides is 3. The highest BCUT2D eigenvalue weighted by Crippen LogP contribution is 2.40. The first-order valence-corrected chi connectivity index (χ1v) is 10.4. The number of piperazine rings is 1. The van der Waals surface area contributed by atoms with Crippen LogP contribution in [-0.4, -0.2) is 44.8 Å². The van der Waals surface area contributed by atoms with Crippen LogP contribution in [0.25, 0.3) is 0 Å². The van der Waals surface area contributed by atoms with Crippen LogP contribution in [-0.2, 0) is 6.18 Å². The molecule has 0 radical (unpaired) electrons. The van der Waals surface area contributed by atoms with Gasteiger partial charge in [0.25, 0.3) is 0 Å². The molecule has 2 fully saturated rings. The fourth-order valence-electron chi connectivity index (χ4n) is 4.83. The van der Waals surface area contributed by atoms with E-state index in [2.05, 4.69) is 11.0 Å². The summed E-state index contributed by atoms with van der Waals surface area (Å²) >= 11 is 0. The SMILES string of the molecule is COc1ccc([C@H]2CCCC3CN(c4ccc(F)c(C(F)(F)F)c4)CCN32)cc1OC. The van der Waals surface area contributed by atoms with Crippen LogP contribution >= 0.6 is 0 Å². The van der Waals surface area contributed by atoms with E-state index < -0.39 is 17.6 Å². The molecule has 31 heavy (non-hydrogen) atoms. The molecule has 0 spiro atoms. The van der Waals surface area contributed by atoms with E-state index in [-0.39, 0.29) is 12.1 Å². The van der Waals surface area contributed by atoms with E-state index in [1.807, 2.05) is 17.0 Å². The molecular formula is C23H26F4N2O2. The normalized spacial score (nSPS) is 22.2. The number of nitrogens with zero attached hydrogens (tertiary/aromatic N) is 2. The Kier molecular flexibility index (Phi) is 6.01. The van der Waals surface area contributed by atoms with Crippen LogP contribution in [0.2, 0.25) is 0 Å². The third-order valence-electron chi connectivity index (χ3n) is 6.36. The van der Waals surface area contributed by atoms with Gasteiger partial charge in [0.1, 0.15) is 5.82 Å². The molecule has 2 saturated heterocycles. The van der Waals surface area contributed by atoms with Gasteiger partial charge in [-0.25, -0.2) is 4.39 Å². The van der Waals surface area contributed by atoms with Crippen molar-refractivity contribution in [1.82, 2.24) is 4.90 Å². The average molecular weight is 438 g/mol. The highest BCUT2D eigenvalue weighted by Gasteiger charge is 2.38. The van der Waals surface area contributed by atoms with Gasteiger partial charge in [0.05, 0.1) is 19.8 Å². The Labute approximate surface area is 179 Å². The van der Waals surface area contributed by atoms with Gasteiger partial charge >= 0.3 is 6.18 Å². The molecule has 0 saturated carbocycles. The maximum absolute atomic E-state index is 13.7. The standard InChI is InChI=1S/C23H26F4N2O2/c1-30-21-9-6-15(12-22(21)31-2)20-5-3-4-17-14-28(10-11-29(17)20)16-7-8-19(24)18(13-16)23(25,26)27/h6-9,12-13,17,20H,3-5,10-11,14H2,1-2H3/t17?,20-/m1/s1. The summed E-state index contributed by atoms with van der Waals surface area (Å²) in [5.74, 6) is 0.132. The molecule has 0 N–H and O–H groups in total. The summed E-state index contributed by atoms with van der Waals surface area (Å²) < 4.78 is 63.9. The van der Waals surface area contributed by atoms with Gasteiger partial charge in [-0.3, -0.25) is 4.90 Å². The highest BCUT2D eigenvalue weighted by atomic mass is 19.4. The van der Waals surface area contributed by atoms with Crippen molar-refractivity contribution >= 4 is 5.69 Å². The van der Waals surface area contributed by atoms with E-state index in [4.69, 9.17) is 9.47 Å². The van der Waals surface area contributed by atoms with Gasteiger partial charge in [-0.1, -0.05) is 6.07 Å². The third-order valence-corrected chi connectivity index (χ3v) is 6.36. The van der Waals surface area contributed by atoms with Crippen molar-refractivity contribution in [2.75, 3.05) is 38.8 Å². The molecule has 2 heterocycles. The molecule has 1 unspecified atom stereocenters. The third kappa shape index (κ3) is 4.31. The molecule has 0 aliphatic carbocycles. The van der Waals surface area contributed by atoms with Crippen molar-refractivity contribution in [1.29, 1.82) is 0 Å². The monoisotopic (exact) mass is 438 g/mol. The Morgan fingerprint density at radius 1 is 0.935 bits per heavy atom. The minimum Gasteiger partial charge on any atom is -0.493 e. The highest BCUT2D eigenvalue weighted by molar-refractivity contribution is 5.51. The largest absolute Gasteiger partial charge is 0.493 e. The fraction of sp³-hybridized carbons (Fsp3) is 0.478. The van der Waals surface area contributed by atoms with Gasteiger partial charge in [-0.15, -0.1) is 0 Å². The first-order valence-electron chi connectivity index (χ1n) is 10.4. The lowest BCUT2D eigenvalue weighted by molar-refractivity contribution is -0.139. The molecule has 2 aromatic carbocycles. The molecular weight excluding hydrogens is 412 g/mol. The number of anilines is 1. The second-order valence-corrected chi connectivity index (χ2v) is 8.06. The van der Waals surface area contributed by atoms with Crippen LogP contribution in [0.5, 0.6) is 11.5 Å². The van der Waals surface area contributed by atoms with E-state index in [9.17, 15) is 17.6 Å². The quantitative estimate of drug-likeness (QED) is 0.607. The number of benzene rings is 2. The van der Waals surface area contributed by atoms with Crippen molar-refractivity contribution in [2.24, 2.45) is 0 Å². The number of piperidine rings is 1. The smallest absolute Gasteiger partial charge is 0.419 e. The Morgan fingerprint density at radius 2 is 1.71 bits per heavy atom. The van der Waals surface area contributed by atoms with E-state index in [0.717, 1.165) is 43.5 Å². The number of hydrogen-bond acceptors (Lipinski definition) is 4. The Hall–Kier alpha value is -2.48. The second kappa shape index (κ2) is 8.57. The first-order chi connectivity index (χ1) is 14.8. The van der Waals surface area contributed by atoms with E-state index in [0.29, 0.717) is 30.3 Å². The Balaban J connectivity index is 1.54. The zero-order chi connectivity index (χ0) is 22.2. The maximum Gasteiger partial charge on any atom is 0.419 e. The van der Waals surface area contributed by atoms with Crippen molar-refractivity contribution in [3.8, 4) is 11.5 Å². The maximum atomic E-state index is 13.7. The van der Waals surface area contributed by atoms with E-state index >= 15 is 0 Å². The summed E-state index contributed by atoms with van der Waals surface area (Å²) in [5, 5.41) is 0. The van der Waals surface area contributed by atoms with Crippen LogP contribution in [0.15, 0.2) is 36.4 Å². The number of methoxy groups -OCH3 is 2. The molecule has 2 aromatic rings. The van der Waals surface area contributed by atoms with E-state index in [1.54, 1.807) is 14.2 Å². The van der Waals surface area contributed by atoms with Crippen molar-refractivity contribution in [3.05, 3.63) is 53.3 Å². The zero-order valence-corrected chi connectivity index (χ0v) is 17.6. The Bertz CT molecular complexity index is 934.